The van der Waals surface area contributed by atoms with Crippen molar-refractivity contribution < 1.29 is 4.79 Å². The van der Waals surface area contributed by atoms with Crippen molar-refractivity contribution in [3.63, 3.8) is 0 Å². The summed E-state index contributed by atoms with van der Waals surface area (Å²) in [5, 5.41) is 0. The molecule has 1 aliphatic rings. The highest BCUT2D eigenvalue weighted by Gasteiger charge is 2.19. The van der Waals surface area contributed by atoms with Gasteiger partial charge in [-0.3, -0.25) is 9.69 Å². The summed E-state index contributed by atoms with van der Waals surface area (Å²) in [5.74, 6) is 5.24. The van der Waals surface area contributed by atoms with Crippen molar-refractivity contribution in [2.75, 3.05) is 26.2 Å². The molecule has 0 spiro atoms. The molecule has 1 aliphatic heterocycles. The monoisotopic (exact) mass is 270 g/mol. The Hall–Kier alpha value is -1.79. The molecule has 1 amide bonds. The van der Waals surface area contributed by atoms with Gasteiger partial charge in [-0.15, -0.1) is 0 Å². The first-order valence-electron chi connectivity index (χ1n) is 7.10. The van der Waals surface area contributed by atoms with Gasteiger partial charge in [0.25, 0.3) is 5.91 Å². The van der Waals surface area contributed by atoms with Crippen molar-refractivity contribution in [1.29, 1.82) is 0 Å². The molecule has 3 heteroatoms. The summed E-state index contributed by atoms with van der Waals surface area (Å²) in [5.41, 5.74) is 4.03. The molecular formula is C17H22N2O. The highest BCUT2D eigenvalue weighted by Crippen LogP contribution is 2.13. The van der Waals surface area contributed by atoms with Gasteiger partial charge in [-0.1, -0.05) is 24.1 Å². The maximum absolute atomic E-state index is 11.7. The number of rotatable bonds is 2. The predicted octanol–water partition coefficient (Wildman–Crippen LogP) is 1.97. The van der Waals surface area contributed by atoms with Gasteiger partial charge in [0.1, 0.15) is 0 Å². The second kappa shape index (κ2) is 6.58. The molecule has 0 atom stereocenters. The minimum Gasteiger partial charge on any atom is -0.329 e. The fourth-order valence-electron chi connectivity index (χ4n) is 2.46. The summed E-state index contributed by atoms with van der Waals surface area (Å²) in [6, 6.07) is 6.64. The Balaban J connectivity index is 1.89. The second-order valence-electron chi connectivity index (χ2n) is 5.36. The predicted molar refractivity (Wildman–Crippen MR) is 81.2 cm³/mol. The lowest BCUT2D eigenvalue weighted by Crippen LogP contribution is -2.47. The average molecular weight is 270 g/mol. The number of carbonyl (C=O) groups excluding carboxylic acids is 1. The minimum atomic E-state index is -0.0432. The first-order valence-corrected chi connectivity index (χ1v) is 7.10. The van der Waals surface area contributed by atoms with Gasteiger partial charge in [0, 0.05) is 32.7 Å². The molecule has 1 heterocycles. The lowest BCUT2D eigenvalue weighted by Gasteiger charge is -2.33. The molecule has 0 aliphatic carbocycles. The van der Waals surface area contributed by atoms with E-state index in [1.807, 2.05) is 4.90 Å². The normalized spacial score (nSPS) is 15.7. The SMILES string of the molecule is CC#CC(=O)N1CCN(Cc2ccc(C)c(C)c2)CC1. The third kappa shape index (κ3) is 3.61. The molecule has 3 nitrogen and oxygen atoms in total. The molecule has 0 unspecified atom stereocenters. The Kier molecular flexibility index (Phi) is 4.81. The van der Waals surface area contributed by atoms with Crippen molar-refractivity contribution in [3.8, 4) is 11.8 Å². The number of hydrogen-bond donors (Lipinski definition) is 0. The van der Waals surface area contributed by atoms with Crippen LogP contribution in [0, 0.1) is 25.7 Å². The smallest absolute Gasteiger partial charge is 0.298 e. The molecule has 1 aromatic carbocycles. The first-order chi connectivity index (χ1) is 9.60. The molecule has 2 rings (SSSR count). The van der Waals surface area contributed by atoms with E-state index >= 15 is 0 Å². The van der Waals surface area contributed by atoms with Crippen LogP contribution < -0.4 is 0 Å². The Labute approximate surface area is 121 Å². The maximum atomic E-state index is 11.7. The van der Waals surface area contributed by atoms with Crippen LogP contribution in [0.5, 0.6) is 0 Å². The van der Waals surface area contributed by atoms with E-state index in [1.54, 1.807) is 6.92 Å². The summed E-state index contributed by atoms with van der Waals surface area (Å²) in [4.78, 5) is 15.9. The number of carbonyl (C=O) groups is 1. The van der Waals surface area contributed by atoms with Crippen LogP contribution >= 0.6 is 0 Å². The van der Waals surface area contributed by atoms with E-state index in [2.05, 4.69) is 48.8 Å². The highest BCUT2D eigenvalue weighted by molar-refractivity contribution is 5.93. The topological polar surface area (TPSA) is 23.6 Å². The number of amides is 1. The van der Waals surface area contributed by atoms with Crippen molar-refractivity contribution in [3.05, 3.63) is 34.9 Å². The van der Waals surface area contributed by atoms with Crippen LogP contribution in [-0.2, 0) is 11.3 Å². The third-order valence-electron chi connectivity index (χ3n) is 3.87. The average Bonchev–Trinajstić information content (AvgIpc) is 2.44. The van der Waals surface area contributed by atoms with Crippen molar-refractivity contribution in [2.45, 2.75) is 27.3 Å². The Morgan fingerprint density at radius 2 is 1.85 bits per heavy atom. The van der Waals surface area contributed by atoms with Gasteiger partial charge in [-0.25, -0.2) is 0 Å². The van der Waals surface area contributed by atoms with E-state index in [0.717, 1.165) is 32.7 Å². The molecule has 0 N–H and O–H groups in total. The summed E-state index contributed by atoms with van der Waals surface area (Å²) in [7, 11) is 0. The van der Waals surface area contributed by atoms with E-state index in [9.17, 15) is 4.79 Å². The molecule has 0 aromatic heterocycles. The fraction of sp³-hybridized carbons (Fsp3) is 0.471. The van der Waals surface area contributed by atoms with Crippen LogP contribution in [0.15, 0.2) is 18.2 Å². The summed E-state index contributed by atoms with van der Waals surface area (Å²) in [6.45, 7) is 10.3. The molecule has 1 fully saturated rings. The molecule has 106 valence electrons. The van der Waals surface area contributed by atoms with Crippen LogP contribution in [0.3, 0.4) is 0 Å². The highest BCUT2D eigenvalue weighted by atomic mass is 16.2. The van der Waals surface area contributed by atoms with E-state index in [1.165, 1.54) is 16.7 Å². The van der Waals surface area contributed by atoms with E-state index < -0.39 is 0 Å². The van der Waals surface area contributed by atoms with E-state index in [4.69, 9.17) is 0 Å². The Bertz CT molecular complexity index is 546. The quantitative estimate of drug-likeness (QED) is 0.767. The largest absolute Gasteiger partial charge is 0.329 e. The summed E-state index contributed by atoms with van der Waals surface area (Å²) in [6.07, 6.45) is 0. The van der Waals surface area contributed by atoms with Crippen molar-refractivity contribution >= 4 is 5.91 Å². The molecule has 0 radical (unpaired) electrons. The molecule has 1 saturated heterocycles. The summed E-state index contributed by atoms with van der Waals surface area (Å²) >= 11 is 0. The van der Waals surface area contributed by atoms with Crippen LogP contribution in [0.4, 0.5) is 0 Å². The van der Waals surface area contributed by atoms with E-state index in [-0.39, 0.29) is 5.91 Å². The van der Waals surface area contributed by atoms with Gasteiger partial charge in [0.15, 0.2) is 0 Å². The minimum absolute atomic E-state index is 0.0432. The van der Waals surface area contributed by atoms with Gasteiger partial charge < -0.3 is 4.90 Å². The lowest BCUT2D eigenvalue weighted by molar-refractivity contribution is -0.126. The zero-order chi connectivity index (χ0) is 14.5. The van der Waals surface area contributed by atoms with Gasteiger partial charge >= 0.3 is 0 Å². The van der Waals surface area contributed by atoms with Crippen LogP contribution in [0.2, 0.25) is 0 Å². The summed E-state index contributed by atoms with van der Waals surface area (Å²) < 4.78 is 0. The molecule has 1 aromatic rings. The van der Waals surface area contributed by atoms with Crippen LogP contribution in [-0.4, -0.2) is 41.9 Å². The van der Waals surface area contributed by atoms with Crippen LogP contribution in [0.1, 0.15) is 23.6 Å². The first kappa shape index (κ1) is 14.6. The van der Waals surface area contributed by atoms with Gasteiger partial charge in [-0.2, -0.15) is 0 Å². The lowest BCUT2D eigenvalue weighted by atomic mass is 10.1. The molecule has 0 bridgehead atoms. The van der Waals surface area contributed by atoms with Crippen molar-refractivity contribution in [1.82, 2.24) is 9.80 Å². The standard InChI is InChI=1S/C17H22N2O/c1-4-5-17(20)19-10-8-18(9-11-19)13-16-7-6-14(2)15(3)12-16/h6-7,12H,8-11,13H2,1-3H3. The Morgan fingerprint density at radius 1 is 1.15 bits per heavy atom. The molecular weight excluding hydrogens is 248 g/mol. The van der Waals surface area contributed by atoms with Gasteiger partial charge in [-0.05, 0) is 43.4 Å². The molecule has 0 saturated carbocycles. The van der Waals surface area contributed by atoms with Gasteiger partial charge in [0.05, 0.1) is 0 Å². The number of aryl methyl sites for hydroxylation is 2. The number of benzene rings is 1. The number of hydrogen-bond acceptors (Lipinski definition) is 2. The van der Waals surface area contributed by atoms with Gasteiger partial charge in [0.2, 0.25) is 0 Å². The van der Waals surface area contributed by atoms with Crippen LogP contribution in [0.25, 0.3) is 0 Å². The fourth-order valence-corrected chi connectivity index (χ4v) is 2.46. The second-order valence-corrected chi connectivity index (χ2v) is 5.36. The number of nitrogens with zero attached hydrogens (tertiary/aromatic N) is 2. The zero-order valence-corrected chi connectivity index (χ0v) is 12.6. The maximum Gasteiger partial charge on any atom is 0.298 e. The van der Waals surface area contributed by atoms with E-state index in [0.29, 0.717) is 0 Å². The Morgan fingerprint density at radius 3 is 2.45 bits per heavy atom. The third-order valence-corrected chi connectivity index (χ3v) is 3.87. The molecule has 20 heavy (non-hydrogen) atoms. The zero-order valence-electron chi connectivity index (χ0n) is 12.6. The number of piperazine rings is 1. The van der Waals surface area contributed by atoms with Crippen molar-refractivity contribution in [2.24, 2.45) is 0 Å².